The third-order valence-corrected chi connectivity index (χ3v) is 6.49. The van der Waals surface area contributed by atoms with Crippen molar-refractivity contribution in [3.8, 4) is 0 Å². The van der Waals surface area contributed by atoms with Crippen molar-refractivity contribution in [2.24, 2.45) is 5.10 Å². The smallest absolute Gasteiger partial charge is 0.264 e. The molecule has 2 N–H and O–H groups in total. The molecule has 176 valence electrons. The Bertz CT molecular complexity index is 1290. The van der Waals surface area contributed by atoms with Crippen LogP contribution in [-0.4, -0.2) is 32.5 Å². The molecule has 0 aliphatic heterocycles. The summed E-state index contributed by atoms with van der Waals surface area (Å²) in [6, 6.07) is 19.3. The number of carbonyl (C=O) groups is 2. The highest BCUT2D eigenvalue weighted by atomic mass is 32.2. The topological polar surface area (TPSA) is 108 Å². The van der Waals surface area contributed by atoms with E-state index in [9.17, 15) is 22.4 Å². The number of anilines is 2. The molecule has 0 spiro atoms. The van der Waals surface area contributed by atoms with Crippen molar-refractivity contribution >= 4 is 38.9 Å². The van der Waals surface area contributed by atoms with Gasteiger partial charge in [-0.25, -0.2) is 18.2 Å². The van der Waals surface area contributed by atoms with Gasteiger partial charge in [0.05, 0.1) is 16.3 Å². The highest BCUT2D eigenvalue weighted by Gasteiger charge is 2.27. The third-order valence-electron chi connectivity index (χ3n) is 4.70. The van der Waals surface area contributed by atoms with Gasteiger partial charge in [-0.05, 0) is 61.0 Å². The van der Waals surface area contributed by atoms with Crippen LogP contribution in [0.1, 0.15) is 19.4 Å². The number of hydrogen-bond acceptors (Lipinski definition) is 5. The predicted molar refractivity (Wildman–Crippen MR) is 128 cm³/mol. The van der Waals surface area contributed by atoms with E-state index in [1.54, 1.807) is 49.4 Å². The van der Waals surface area contributed by atoms with Crippen LogP contribution in [0.15, 0.2) is 88.9 Å². The molecule has 0 aromatic heterocycles. The molecular formula is C24H23FN4O4S. The molecule has 3 aromatic rings. The number of rotatable bonds is 8. The van der Waals surface area contributed by atoms with Gasteiger partial charge in [-0.2, -0.15) is 5.10 Å². The maximum atomic E-state index is 13.4. The summed E-state index contributed by atoms with van der Waals surface area (Å²) in [5.41, 5.74) is 4.29. The van der Waals surface area contributed by atoms with Crippen LogP contribution in [0.25, 0.3) is 0 Å². The number of nitrogens with one attached hydrogen (secondary N) is 2. The first-order valence-electron chi connectivity index (χ1n) is 10.2. The molecule has 10 heteroatoms. The van der Waals surface area contributed by atoms with Crippen LogP contribution in [0.5, 0.6) is 0 Å². The van der Waals surface area contributed by atoms with E-state index in [0.29, 0.717) is 17.0 Å². The number of sulfonamides is 1. The zero-order chi connectivity index (χ0) is 24.7. The Kier molecular flexibility index (Phi) is 7.75. The average molecular weight is 483 g/mol. The van der Waals surface area contributed by atoms with Crippen molar-refractivity contribution in [1.82, 2.24) is 5.43 Å². The number of nitrogens with zero attached hydrogens (tertiary/aromatic N) is 2. The van der Waals surface area contributed by atoms with Gasteiger partial charge in [0, 0.05) is 12.6 Å². The summed E-state index contributed by atoms with van der Waals surface area (Å²) < 4.78 is 40.7. The Morgan fingerprint density at radius 3 is 2.12 bits per heavy atom. The molecule has 0 fully saturated rings. The first kappa shape index (κ1) is 24.6. The number of hydrogen-bond donors (Lipinski definition) is 2. The summed E-state index contributed by atoms with van der Waals surface area (Å²) >= 11 is 0. The molecule has 0 radical (unpaired) electrons. The van der Waals surface area contributed by atoms with Crippen LogP contribution < -0.4 is 15.0 Å². The average Bonchev–Trinajstić information content (AvgIpc) is 2.82. The number of halogens is 1. The summed E-state index contributed by atoms with van der Waals surface area (Å²) in [6.07, 6.45) is 0. The lowest BCUT2D eigenvalue weighted by Gasteiger charge is -2.23. The van der Waals surface area contributed by atoms with Gasteiger partial charge in [-0.15, -0.1) is 0 Å². The van der Waals surface area contributed by atoms with Crippen molar-refractivity contribution in [3.05, 3.63) is 90.2 Å². The van der Waals surface area contributed by atoms with E-state index in [1.165, 1.54) is 31.2 Å². The molecule has 0 bridgehead atoms. The van der Waals surface area contributed by atoms with Crippen LogP contribution in [0.2, 0.25) is 0 Å². The van der Waals surface area contributed by atoms with E-state index in [0.717, 1.165) is 16.4 Å². The summed E-state index contributed by atoms with van der Waals surface area (Å²) in [6.45, 7) is 2.51. The van der Waals surface area contributed by atoms with E-state index in [1.807, 2.05) is 0 Å². The minimum Gasteiger partial charge on any atom is -0.326 e. The van der Waals surface area contributed by atoms with Gasteiger partial charge in [0.2, 0.25) is 5.91 Å². The Hall–Kier alpha value is -4.05. The normalized spacial score (nSPS) is 11.6. The number of benzene rings is 3. The number of carbonyl (C=O) groups excluding carboxylic acids is 2. The lowest BCUT2D eigenvalue weighted by atomic mass is 10.1. The molecule has 0 saturated carbocycles. The van der Waals surface area contributed by atoms with Crippen molar-refractivity contribution in [3.63, 3.8) is 0 Å². The maximum Gasteiger partial charge on any atom is 0.264 e. The molecule has 0 aliphatic rings. The Morgan fingerprint density at radius 1 is 0.912 bits per heavy atom. The Balaban J connectivity index is 1.79. The number of amides is 2. The molecule has 0 heterocycles. The second-order valence-electron chi connectivity index (χ2n) is 7.29. The van der Waals surface area contributed by atoms with Crippen molar-refractivity contribution in [1.29, 1.82) is 0 Å². The molecule has 3 rings (SSSR count). The van der Waals surface area contributed by atoms with Gasteiger partial charge >= 0.3 is 0 Å². The number of hydrazone groups is 1. The Labute approximate surface area is 197 Å². The predicted octanol–water partition coefficient (Wildman–Crippen LogP) is 3.52. The fourth-order valence-corrected chi connectivity index (χ4v) is 4.46. The van der Waals surface area contributed by atoms with Crippen LogP contribution in [0, 0.1) is 5.82 Å². The van der Waals surface area contributed by atoms with Crippen LogP contribution >= 0.6 is 0 Å². The van der Waals surface area contributed by atoms with E-state index in [4.69, 9.17) is 0 Å². The lowest BCUT2D eigenvalue weighted by molar-refractivity contribution is -0.119. The van der Waals surface area contributed by atoms with Gasteiger partial charge in [0.15, 0.2) is 0 Å². The minimum absolute atomic E-state index is 0.00827. The van der Waals surface area contributed by atoms with Gasteiger partial charge in [-0.3, -0.25) is 13.9 Å². The third kappa shape index (κ3) is 6.26. The van der Waals surface area contributed by atoms with Crippen molar-refractivity contribution < 1.29 is 22.4 Å². The molecule has 0 aliphatic carbocycles. The summed E-state index contributed by atoms with van der Waals surface area (Å²) in [5, 5.41) is 6.70. The Morgan fingerprint density at radius 2 is 1.53 bits per heavy atom. The minimum atomic E-state index is -4.10. The van der Waals surface area contributed by atoms with E-state index < -0.39 is 28.3 Å². The second kappa shape index (κ2) is 10.7. The van der Waals surface area contributed by atoms with Crippen LogP contribution in [0.4, 0.5) is 15.8 Å². The monoisotopic (exact) mass is 482 g/mol. The highest BCUT2D eigenvalue weighted by Crippen LogP contribution is 2.23. The largest absolute Gasteiger partial charge is 0.326 e. The second-order valence-corrected chi connectivity index (χ2v) is 9.15. The van der Waals surface area contributed by atoms with Gasteiger partial charge < -0.3 is 5.32 Å². The van der Waals surface area contributed by atoms with Gasteiger partial charge in [-0.1, -0.05) is 30.3 Å². The molecule has 0 unspecified atom stereocenters. The first-order valence-corrected chi connectivity index (χ1v) is 11.7. The molecule has 2 amide bonds. The fourth-order valence-electron chi connectivity index (χ4n) is 3.02. The van der Waals surface area contributed by atoms with Crippen LogP contribution in [-0.2, 0) is 19.6 Å². The molecular weight excluding hydrogens is 459 g/mol. The summed E-state index contributed by atoms with van der Waals surface area (Å²) in [7, 11) is -4.10. The lowest BCUT2D eigenvalue weighted by Crippen LogP contribution is -2.39. The van der Waals surface area contributed by atoms with Gasteiger partial charge in [0.25, 0.3) is 15.9 Å². The molecule has 0 atom stereocenters. The fraction of sp³-hybridized carbons (Fsp3) is 0.125. The van der Waals surface area contributed by atoms with Gasteiger partial charge in [0.1, 0.15) is 12.4 Å². The molecule has 3 aromatic carbocycles. The molecule has 34 heavy (non-hydrogen) atoms. The maximum absolute atomic E-state index is 13.4. The van der Waals surface area contributed by atoms with Crippen molar-refractivity contribution in [2.45, 2.75) is 18.7 Å². The van der Waals surface area contributed by atoms with E-state index >= 15 is 0 Å². The summed E-state index contributed by atoms with van der Waals surface area (Å²) in [5.74, 6) is -1.41. The zero-order valence-corrected chi connectivity index (χ0v) is 19.3. The van der Waals surface area contributed by atoms with Crippen molar-refractivity contribution in [2.75, 3.05) is 16.2 Å². The standard InChI is InChI=1S/C24H23FN4O4S/c1-17(19-8-12-21(13-9-19)26-18(2)30)27-28-24(31)16-29(22-14-10-20(25)11-15-22)34(32,33)23-6-4-3-5-7-23/h3-15H,16H2,1-2H3,(H,26,30)(H,28,31)/b27-17-. The zero-order valence-electron chi connectivity index (χ0n) is 18.5. The molecule has 0 saturated heterocycles. The SMILES string of the molecule is CC(=O)Nc1ccc(/C(C)=N\NC(=O)CN(c2ccc(F)cc2)S(=O)(=O)c2ccccc2)cc1. The highest BCUT2D eigenvalue weighted by molar-refractivity contribution is 7.92. The molecule has 8 nitrogen and oxygen atoms in total. The quantitative estimate of drug-likeness (QED) is 0.378. The summed E-state index contributed by atoms with van der Waals surface area (Å²) in [4.78, 5) is 23.8. The van der Waals surface area contributed by atoms with Crippen LogP contribution in [0.3, 0.4) is 0 Å². The van der Waals surface area contributed by atoms with E-state index in [2.05, 4.69) is 15.8 Å². The van der Waals surface area contributed by atoms with E-state index in [-0.39, 0.29) is 16.5 Å². The first-order chi connectivity index (χ1) is 16.2.